The number of ether oxygens (including phenoxy) is 3. The zero-order chi connectivity index (χ0) is 20.5. The van der Waals surface area contributed by atoms with E-state index < -0.39 is 0 Å². The molecule has 0 fully saturated rings. The Hall–Kier alpha value is -3.28. The summed E-state index contributed by atoms with van der Waals surface area (Å²) in [6.45, 7) is 1.89. The number of nitrogens with zero attached hydrogens (tertiary/aromatic N) is 2. The summed E-state index contributed by atoms with van der Waals surface area (Å²) in [7, 11) is 4.90. The van der Waals surface area contributed by atoms with Crippen LogP contribution in [0.3, 0.4) is 0 Å². The Morgan fingerprint density at radius 2 is 1.62 bits per heavy atom. The van der Waals surface area contributed by atoms with Crippen molar-refractivity contribution in [1.82, 2.24) is 9.78 Å². The number of Topliss-reactive ketones (excluding diaryl/α,β-unsaturated/α-hetero) is 1. The molecule has 0 spiro atoms. The van der Waals surface area contributed by atoms with E-state index in [-0.39, 0.29) is 11.7 Å². The molecule has 0 bridgehead atoms. The minimum absolute atomic E-state index is 0.0176. The Labute approximate surface area is 170 Å². The summed E-state index contributed by atoms with van der Waals surface area (Å²) < 4.78 is 18.0. The van der Waals surface area contributed by atoms with Gasteiger partial charge >= 0.3 is 0 Å². The summed E-state index contributed by atoms with van der Waals surface area (Å²) in [5.41, 5.74) is 4.36. The predicted molar refractivity (Wildman–Crippen MR) is 110 cm³/mol. The van der Waals surface area contributed by atoms with Crippen molar-refractivity contribution < 1.29 is 19.0 Å². The van der Waals surface area contributed by atoms with Crippen LogP contribution in [0.2, 0.25) is 0 Å². The van der Waals surface area contributed by atoms with Crippen LogP contribution in [0.25, 0.3) is 5.69 Å². The molecule has 1 aromatic heterocycles. The Kier molecular flexibility index (Phi) is 5.01. The average molecular weight is 392 g/mol. The van der Waals surface area contributed by atoms with E-state index in [1.54, 1.807) is 21.3 Å². The van der Waals surface area contributed by atoms with Gasteiger partial charge in [0.25, 0.3) is 0 Å². The van der Waals surface area contributed by atoms with Crippen LogP contribution in [0.5, 0.6) is 17.2 Å². The first-order chi connectivity index (χ1) is 14.0. The molecule has 0 aliphatic heterocycles. The van der Waals surface area contributed by atoms with Gasteiger partial charge in [-0.1, -0.05) is 6.07 Å². The lowest BCUT2D eigenvalue weighted by Gasteiger charge is -2.25. The van der Waals surface area contributed by atoms with Crippen molar-refractivity contribution in [2.45, 2.75) is 25.7 Å². The Bertz CT molecular complexity index is 1050. The fourth-order valence-corrected chi connectivity index (χ4v) is 4.07. The number of methoxy groups -OCH3 is 3. The van der Waals surface area contributed by atoms with Gasteiger partial charge in [0, 0.05) is 18.4 Å². The molecule has 1 heterocycles. The molecular weight excluding hydrogens is 368 g/mol. The van der Waals surface area contributed by atoms with Gasteiger partial charge in [-0.15, -0.1) is 0 Å². The van der Waals surface area contributed by atoms with E-state index in [1.165, 1.54) is 0 Å². The first kappa shape index (κ1) is 19.1. The summed E-state index contributed by atoms with van der Waals surface area (Å²) in [6, 6.07) is 13.5. The second kappa shape index (κ2) is 7.62. The van der Waals surface area contributed by atoms with Crippen LogP contribution >= 0.6 is 0 Å². The molecule has 6 heteroatoms. The van der Waals surface area contributed by atoms with Gasteiger partial charge in [-0.2, -0.15) is 5.10 Å². The molecule has 0 amide bonds. The normalized spacial score (nSPS) is 15.7. The van der Waals surface area contributed by atoms with E-state index in [2.05, 4.69) is 5.10 Å². The summed E-state index contributed by atoms with van der Waals surface area (Å²) in [5, 5.41) is 4.67. The van der Waals surface area contributed by atoms with E-state index in [0.29, 0.717) is 12.8 Å². The van der Waals surface area contributed by atoms with Crippen LogP contribution in [-0.2, 0) is 6.42 Å². The number of ketones is 1. The van der Waals surface area contributed by atoms with E-state index in [9.17, 15) is 4.79 Å². The molecule has 4 rings (SSSR count). The average Bonchev–Trinajstić information content (AvgIpc) is 3.10. The van der Waals surface area contributed by atoms with E-state index in [0.717, 1.165) is 45.5 Å². The first-order valence-electron chi connectivity index (χ1n) is 9.53. The maximum atomic E-state index is 13.0. The number of carbonyl (C=O) groups is 1. The molecule has 0 saturated carbocycles. The van der Waals surface area contributed by atoms with Gasteiger partial charge in [0.15, 0.2) is 5.78 Å². The summed E-state index contributed by atoms with van der Waals surface area (Å²) >= 11 is 0. The number of aromatic nitrogens is 2. The molecule has 6 nitrogen and oxygen atoms in total. The molecule has 1 aliphatic rings. The van der Waals surface area contributed by atoms with Crippen molar-refractivity contribution in [2.75, 3.05) is 21.3 Å². The molecule has 1 aliphatic carbocycles. The van der Waals surface area contributed by atoms with Crippen molar-refractivity contribution in [3.8, 4) is 22.9 Å². The van der Waals surface area contributed by atoms with Crippen molar-refractivity contribution in [3.63, 3.8) is 0 Å². The monoisotopic (exact) mass is 392 g/mol. The van der Waals surface area contributed by atoms with E-state index in [4.69, 9.17) is 14.2 Å². The van der Waals surface area contributed by atoms with Crippen LogP contribution in [0.4, 0.5) is 0 Å². The second-order valence-electron chi connectivity index (χ2n) is 7.15. The topological polar surface area (TPSA) is 62.6 Å². The number of carbonyl (C=O) groups excluding carboxylic acids is 1. The fourth-order valence-electron chi connectivity index (χ4n) is 4.07. The van der Waals surface area contributed by atoms with Gasteiger partial charge in [0.1, 0.15) is 17.2 Å². The number of rotatable bonds is 5. The number of aryl methyl sites for hydroxylation is 1. The Morgan fingerprint density at radius 3 is 2.28 bits per heavy atom. The second-order valence-corrected chi connectivity index (χ2v) is 7.15. The largest absolute Gasteiger partial charge is 0.497 e. The quantitative estimate of drug-likeness (QED) is 0.654. The van der Waals surface area contributed by atoms with Crippen molar-refractivity contribution in [2.24, 2.45) is 0 Å². The van der Waals surface area contributed by atoms with Crippen molar-refractivity contribution >= 4 is 5.78 Å². The highest BCUT2D eigenvalue weighted by Gasteiger charge is 2.33. The number of hydrogen-bond acceptors (Lipinski definition) is 5. The van der Waals surface area contributed by atoms with Gasteiger partial charge < -0.3 is 14.2 Å². The zero-order valence-electron chi connectivity index (χ0n) is 17.1. The lowest BCUT2D eigenvalue weighted by Crippen LogP contribution is -2.21. The summed E-state index contributed by atoms with van der Waals surface area (Å²) in [6.07, 6.45) is 1.14. The van der Waals surface area contributed by atoms with E-state index >= 15 is 0 Å². The smallest absolute Gasteiger partial charge is 0.167 e. The van der Waals surface area contributed by atoms with Gasteiger partial charge in [-0.3, -0.25) is 4.79 Å². The van der Waals surface area contributed by atoms with Gasteiger partial charge in [-0.05, 0) is 49.2 Å². The minimum atomic E-state index is 0.0176. The van der Waals surface area contributed by atoms with Crippen molar-refractivity contribution in [1.29, 1.82) is 0 Å². The Balaban J connectivity index is 1.76. The summed E-state index contributed by atoms with van der Waals surface area (Å²) in [5.74, 6) is 2.38. The van der Waals surface area contributed by atoms with Crippen LogP contribution < -0.4 is 14.2 Å². The fraction of sp³-hybridized carbons (Fsp3) is 0.304. The molecule has 0 radical (unpaired) electrons. The molecule has 150 valence electrons. The molecule has 0 unspecified atom stereocenters. The number of fused-ring (bicyclic) bond motifs is 1. The summed E-state index contributed by atoms with van der Waals surface area (Å²) in [4.78, 5) is 13.0. The SMILES string of the molecule is COc1ccc(-n2nc(C)c3c2C[C@@H](c2ccc(OC)cc2OC)CC3=O)cc1. The first-order valence-corrected chi connectivity index (χ1v) is 9.53. The molecule has 29 heavy (non-hydrogen) atoms. The third-order valence-electron chi connectivity index (χ3n) is 5.50. The van der Waals surface area contributed by atoms with Gasteiger partial charge in [0.2, 0.25) is 0 Å². The molecule has 3 aromatic rings. The highest BCUT2D eigenvalue weighted by Crippen LogP contribution is 2.40. The lowest BCUT2D eigenvalue weighted by molar-refractivity contribution is 0.0963. The van der Waals surface area contributed by atoms with Gasteiger partial charge in [0.05, 0.1) is 44.0 Å². The zero-order valence-corrected chi connectivity index (χ0v) is 17.1. The molecule has 0 N–H and O–H groups in total. The highest BCUT2D eigenvalue weighted by molar-refractivity contribution is 6.00. The standard InChI is InChI=1S/C23H24N2O4/c1-14-23-20(25(24-14)16-5-7-17(27-2)8-6-16)11-15(12-21(23)26)19-10-9-18(28-3)13-22(19)29-4/h5-10,13,15H,11-12H2,1-4H3/t15-/m1/s1. The molecule has 2 aromatic carbocycles. The number of benzene rings is 2. The van der Waals surface area contributed by atoms with Crippen molar-refractivity contribution in [3.05, 3.63) is 65.0 Å². The maximum absolute atomic E-state index is 13.0. The van der Waals surface area contributed by atoms with Crippen LogP contribution in [0.1, 0.15) is 39.6 Å². The van der Waals surface area contributed by atoms with Crippen LogP contribution in [-0.4, -0.2) is 36.9 Å². The van der Waals surface area contributed by atoms with Crippen LogP contribution in [0.15, 0.2) is 42.5 Å². The number of hydrogen-bond donors (Lipinski definition) is 0. The molecule has 1 atom stereocenters. The predicted octanol–water partition coefficient (Wildman–Crippen LogP) is 4.12. The maximum Gasteiger partial charge on any atom is 0.167 e. The van der Waals surface area contributed by atoms with Crippen LogP contribution in [0, 0.1) is 6.92 Å². The van der Waals surface area contributed by atoms with Gasteiger partial charge in [-0.25, -0.2) is 4.68 Å². The third-order valence-corrected chi connectivity index (χ3v) is 5.50. The third kappa shape index (κ3) is 3.35. The Morgan fingerprint density at radius 1 is 0.931 bits per heavy atom. The lowest BCUT2D eigenvalue weighted by atomic mass is 9.81. The molecule has 0 saturated heterocycles. The molecular formula is C23H24N2O4. The minimum Gasteiger partial charge on any atom is -0.497 e. The highest BCUT2D eigenvalue weighted by atomic mass is 16.5. The van der Waals surface area contributed by atoms with E-state index in [1.807, 2.05) is 54.1 Å².